The third-order valence-corrected chi connectivity index (χ3v) is 2.62. The summed E-state index contributed by atoms with van der Waals surface area (Å²) in [7, 11) is 0. The molecule has 2 aromatic carbocycles. The van der Waals surface area contributed by atoms with Gasteiger partial charge in [-0.05, 0) is 41.8 Å². The van der Waals surface area contributed by atoms with Gasteiger partial charge in [-0.25, -0.2) is 4.39 Å². The minimum absolute atomic E-state index is 0.213. The third kappa shape index (κ3) is 3.29. The lowest BCUT2D eigenvalue weighted by atomic mass is 10.1. The lowest BCUT2D eigenvalue weighted by Crippen LogP contribution is -1.81. The number of rotatable bonds is 3. The number of nitriles is 1. The van der Waals surface area contributed by atoms with Gasteiger partial charge in [0.1, 0.15) is 5.82 Å². The van der Waals surface area contributed by atoms with Crippen molar-refractivity contribution in [1.82, 2.24) is 0 Å². The Balaban J connectivity index is 1.98. The minimum Gasteiger partial charge on any atom is -0.207 e. The summed E-state index contributed by atoms with van der Waals surface area (Å²) in [5.74, 6) is -0.213. The highest BCUT2D eigenvalue weighted by Crippen LogP contribution is 2.08. The Morgan fingerprint density at radius 3 is 2.28 bits per heavy atom. The van der Waals surface area contributed by atoms with E-state index >= 15 is 0 Å². The van der Waals surface area contributed by atoms with Crippen LogP contribution in [-0.4, -0.2) is 0 Å². The lowest BCUT2D eigenvalue weighted by molar-refractivity contribution is 0.627. The van der Waals surface area contributed by atoms with E-state index in [1.54, 1.807) is 24.3 Å². The molecule has 2 aromatic rings. The Bertz CT molecular complexity index is 574. The molecule has 2 heteroatoms. The summed E-state index contributed by atoms with van der Waals surface area (Å²) < 4.78 is 12.7. The molecule has 0 atom stereocenters. The standard InChI is InChI=1S/C16H12FN/c17-16-10-8-14(9-11-16)3-1-2-13-4-6-15(12-18)7-5-13/h1-2,4-11H,3H2/b2-1+. The molecule has 88 valence electrons. The Morgan fingerprint density at radius 1 is 1.00 bits per heavy atom. The van der Waals surface area contributed by atoms with Crippen LogP contribution in [0.5, 0.6) is 0 Å². The van der Waals surface area contributed by atoms with Crippen molar-refractivity contribution in [3.8, 4) is 6.07 Å². The molecule has 2 rings (SSSR count). The molecule has 0 aliphatic rings. The Kier molecular flexibility index (Phi) is 3.88. The van der Waals surface area contributed by atoms with Crippen molar-refractivity contribution in [3.05, 3.63) is 77.1 Å². The van der Waals surface area contributed by atoms with Gasteiger partial charge in [0.15, 0.2) is 0 Å². The molecule has 0 aliphatic carbocycles. The van der Waals surface area contributed by atoms with E-state index in [1.807, 2.05) is 24.3 Å². The average Bonchev–Trinajstić information content (AvgIpc) is 2.42. The second kappa shape index (κ2) is 5.79. The summed E-state index contributed by atoms with van der Waals surface area (Å²) in [5, 5.41) is 8.68. The summed E-state index contributed by atoms with van der Waals surface area (Å²) in [6.07, 6.45) is 4.78. The van der Waals surface area contributed by atoms with Gasteiger partial charge < -0.3 is 0 Å². The molecule has 0 fully saturated rings. The van der Waals surface area contributed by atoms with E-state index in [-0.39, 0.29) is 5.82 Å². The van der Waals surface area contributed by atoms with Gasteiger partial charge >= 0.3 is 0 Å². The molecule has 0 amide bonds. The average molecular weight is 237 g/mol. The molecule has 1 nitrogen and oxygen atoms in total. The first-order chi connectivity index (χ1) is 8.78. The summed E-state index contributed by atoms with van der Waals surface area (Å²) in [5.41, 5.74) is 2.78. The molecule has 0 spiro atoms. The second-order valence-electron chi connectivity index (χ2n) is 3.97. The van der Waals surface area contributed by atoms with E-state index < -0.39 is 0 Å². The van der Waals surface area contributed by atoms with Gasteiger partial charge in [0.05, 0.1) is 11.6 Å². The Labute approximate surface area is 106 Å². The zero-order valence-electron chi connectivity index (χ0n) is 9.81. The Hall–Kier alpha value is -2.40. The topological polar surface area (TPSA) is 23.8 Å². The fourth-order valence-electron chi connectivity index (χ4n) is 1.62. The van der Waals surface area contributed by atoms with Gasteiger partial charge in [-0.15, -0.1) is 0 Å². The molecule has 0 unspecified atom stereocenters. The third-order valence-electron chi connectivity index (χ3n) is 2.62. The maximum Gasteiger partial charge on any atom is 0.123 e. The number of allylic oxidation sites excluding steroid dienone is 1. The van der Waals surface area contributed by atoms with Gasteiger partial charge in [0.2, 0.25) is 0 Å². The van der Waals surface area contributed by atoms with Crippen molar-refractivity contribution in [2.24, 2.45) is 0 Å². The van der Waals surface area contributed by atoms with Crippen LogP contribution in [0.2, 0.25) is 0 Å². The molecule has 0 aromatic heterocycles. The van der Waals surface area contributed by atoms with Crippen LogP contribution in [0.3, 0.4) is 0 Å². The van der Waals surface area contributed by atoms with Crippen LogP contribution in [0.25, 0.3) is 6.08 Å². The molecule has 0 saturated carbocycles. The predicted octanol–water partition coefficient (Wildman–Crippen LogP) is 3.95. The van der Waals surface area contributed by atoms with Gasteiger partial charge in [0.25, 0.3) is 0 Å². The molecule has 0 N–H and O–H groups in total. The van der Waals surface area contributed by atoms with E-state index in [0.29, 0.717) is 5.56 Å². The lowest BCUT2D eigenvalue weighted by Gasteiger charge is -1.96. The fourth-order valence-corrected chi connectivity index (χ4v) is 1.62. The molecule has 0 saturated heterocycles. The smallest absolute Gasteiger partial charge is 0.123 e. The predicted molar refractivity (Wildman–Crippen MR) is 70.3 cm³/mol. The summed E-state index contributed by atoms with van der Waals surface area (Å²) in [6, 6.07) is 15.9. The monoisotopic (exact) mass is 237 g/mol. The highest BCUT2D eigenvalue weighted by Gasteiger charge is 1.92. The highest BCUT2D eigenvalue weighted by atomic mass is 19.1. The van der Waals surface area contributed by atoms with Crippen LogP contribution in [0, 0.1) is 17.1 Å². The summed E-state index contributed by atoms with van der Waals surface area (Å²) >= 11 is 0. The molecule has 0 bridgehead atoms. The van der Waals surface area contributed by atoms with Crippen LogP contribution >= 0.6 is 0 Å². The van der Waals surface area contributed by atoms with Gasteiger partial charge in [-0.2, -0.15) is 5.26 Å². The second-order valence-corrected chi connectivity index (χ2v) is 3.97. The van der Waals surface area contributed by atoms with Crippen molar-refractivity contribution < 1.29 is 4.39 Å². The zero-order valence-corrected chi connectivity index (χ0v) is 9.81. The van der Waals surface area contributed by atoms with Crippen LogP contribution in [-0.2, 0) is 6.42 Å². The minimum atomic E-state index is -0.213. The molecule has 0 radical (unpaired) electrons. The molecule has 18 heavy (non-hydrogen) atoms. The van der Waals surface area contributed by atoms with Crippen molar-refractivity contribution in [3.63, 3.8) is 0 Å². The number of halogens is 1. The molecule has 0 heterocycles. The van der Waals surface area contributed by atoms with E-state index in [4.69, 9.17) is 5.26 Å². The first-order valence-electron chi connectivity index (χ1n) is 5.69. The van der Waals surface area contributed by atoms with Gasteiger partial charge in [-0.1, -0.05) is 36.4 Å². The normalized spacial score (nSPS) is 10.4. The van der Waals surface area contributed by atoms with E-state index in [0.717, 1.165) is 17.5 Å². The maximum absolute atomic E-state index is 12.7. The number of hydrogen-bond acceptors (Lipinski definition) is 1. The first-order valence-corrected chi connectivity index (χ1v) is 5.69. The van der Waals surface area contributed by atoms with Crippen molar-refractivity contribution in [2.45, 2.75) is 6.42 Å². The first kappa shape index (κ1) is 12.1. The number of nitrogens with zero attached hydrogens (tertiary/aromatic N) is 1. The maximum atomic E-state index is 12.7. The Morgan fingerprint density at radius 2 is 1.67 bits per heavy atom. The van der Waals surface area contributed by atoms with Crippen LogP contribution in [0.1, 0.15) is 16.7 Å². The van der Waals surface area contributed by atoms with Crippen LogP contribution in [0.15, 0.2) is 54.6 Å². The van der Waals surface area contributed by atoms with E-state index in [1.165, 1.54) is 12.1 Å². The van der Waals surface area contributed by atoms with Crippen molar-refractivity contribution >= 4 is 6.08 Å². The van der Waals surface area contributed by atoms with Crippen LogP contribution in [0.4, 0.5) is 4.39 Å². The fraction of sp³-hybridized carbons (Fsp3) is 0.0625. The summed E-state index contributed by atoms with van der Waals surface area (Å²) in [6.45, 7) is 0. The molecule has 0 aliphatic heterocycles. The SMILES string of the molecule is N#Cc1ccc(/C=C/Cc2ccc(F)cc2)cc1. The molecular formula is C16H12FN. The number of hydrogen-bond donors (Lipinski definition) is 0. The highest BCUT2D eigenvalue weighted by molar-refractivity contribution is 5.51. The summed E-state index contributed by atoms with van der Waals surface area (Å²) in [4.78, 5) is 0. The largest absolute Gasteiger partial charge is 0.207 e. The van der Waals surface area contributed by atoms with Crippen molar-refractivity contribution in [1.29, 1.82) is 5.26 Å². The van der Waals surface area contributed by atoms with Crippen molar-refractivity contribution in [2.75, 3.05) is 0 Å². The quantitative estimate of drug-likeness (QED) is 0.792. The van der Waals surface area contributed by atoms with E-state index in [2.05, 4.69) is 6.07 Å². The van der Waals surface area contributed by atoms with E-state index in [9.17, 15) is 4.39 Å². The molecular weight excluding hydrogens is 225 g/mol. The van der Waals surface area contributed by atoms with Gasteiger partial charge in [0, 0.05) is 0 Å². The van der Waals surface area contributed by atoms with Gasteiger partial charge in [-0.3, -0.25) is 0 Å². The zero-order chi connectivity index (χ0) is 12.8. The van der Waals surface area contributed by atoms with Crippen LogP contribution < -0.4 is 0 Å². The number of benzene rings is 2.